The van der Waals surface area contributed by atoms with Crippen LogP contribution < -0.4 is 10.1 Å². The summed E-state index contributed by atoms with van der Waals surface area (Å²) < 4.78 is 11.1. The van der Waals surface area contributed by atoms with Gasteiger partial charge in [-0.1, -0.05) is 24.3 Å². The van der Waals surface area contributed by atoms with Crippen LogP contribution in [-0.4, -0.2) is 28.8 Å². The van der Waals surface area contributed by atoms with Crippen molar-refractivity contribution in [1.82, 2.24) is 5.32 Å². The molecule has 1 amide bonds. The summed E-state index contributed by atoms with van der Waals surface area (Å²) in [5.41, 5.74) is 4.26. The Morgan fingerprint density at radius 2 is 1.63 bits per heavy atom. The van der Waals surface area contributed by atoms with Crippen LogP contribution in [0, 0.1) is 20.8 Å². The van der Waals surface area contributed by atoms with Crippen LogP contribution >= 0.6 is 0 Å². The first-order valence-corrected chi connectivity index (χ1v) is 9.96. The third-order valence-corrected chi connectivity index (χ3v) is 4.72. The van der Waals surface area contributed by atoms with Crippen LogP contribution in [0.1, 0.15) is 48.6 Å². The molecule has 0 unspecified atom stereocenters. The Labute approximate surface area is 178 Å². The van der Waals surface area contributed by atoms with E-state index in [1.54, 1.807) is 20.8 Å². The third kappa shape index (κ3) is 6.79. The zero-order valence-corrected chi connectivity index (χ0v) is 18.5. The summed E-state index contributed by atoms with van der Waals surface area (Å²) >= 11 is 0. The van der Waals surface area contributed by atoms with Gasteiger partial charge in [0.25, 0.3) is 0 Å². The molecule has 0 bridgehead atoms. The SMILES string of the molecule is Cc1ccccc1COc1cc(C)c(C[C@H](NC(=O)OC(C)(C)C)C(=O)O)c(C)c1. The molecule has 0 spiro atoms. The van der Waals surface area contributed by atoms with E-state index in [9.17, 15) is 14.7 Å². The number of alkyl carbamates (subject to hydrolysis) is 1. The first-order valence-electron chi connectivity index (χ1n) is 9.96. The highest BCUT2D eigenvalue weighted by Gasteiger charge is 2.25. The fourth-order valence-corrected chi connectivity index (χ4v) is 3.15. The normalized spacial score (nSPS) is 12.2. The number of ether oxygens (including phenoxy) is 2. The van der Waals surface area contributed by atoms with E-state index < -0.39 is 23.7 Å². The number of carbonyl (C=O) groups is 2. The predicted molar refractivity (Wildman–Crippen MR) is 116 cm³/mol. The summed E-state index contributed by atoms with van der Waals surface area (Å²) in [5, 5.41) is 12.0. The maximum Gasteiger partial charge on any atom is 0.408 e. The molecule has 0 aromatic heterocycles. The Morgan fingerprint density at radius 1 is 1.03 bits per heavy atom. The first kappa shape index (κ1) is 23.3. The molecule has 0 heterocycles. The van der Waals surface area contributed by atoms with Gasteiger partial charge in [0, 0.05) is 6.42 Å². The second-order valence-electron chi connectivity index (χ2n) is 8.49. The number of carboxylic acid groups (broad SMARTS) is 1. The lowest BCUT2D eigenvalue weighted by molar-refractivity contribution is -0.139. The average Bonchev–Trinajstić information content (AvgIpc) is 2.61. The van der Waals surface area contributed by atoms with Crippen molar-refractivity contribution in [3.8, 4) is 5.75 Å². The van der Waals surface area contributed by atoms with Crippen molar-refractivity contribution < 1.29 is 24.2 Å². The van der Waals surface area contributed by atoms with Crippen molar-refractivity contribution in [1.29, 1.82) is 0 Å². The van der Waals surface area contributed by atoms with Gasteiger partial charge in [0.2, 0.25) is 0 Å². The minimum Gasteiger partial charge on any atom is -0.489 e. The molecule has 6 heteroatoms. The second kappa shape index (κ2) is 9.65. The highest BCUT2D eigenvalue weighted by molar-refractivity contribution is 5.80. The number of amides is 1. The Balaban J connectivity index is 2.12. The molecule has 30 heavy (non-hydrogen) atoms. The van der Waals surface area contributed by atoms with Crippen molar-refractivity contribution in [3.05, 3.63) is 64.2 Å². The van der Waals surface area contributed by atoms with Gasteiger partial charge < -0.3 is 19.9 Å². The monoisotopic (exact) mass is 413 g/mol. The van der Waals surface area contributed by atoms with Crippen LogP contribution in [0.3, 0.4) is 0 Å². The predicted octanol–water partition coefficient (Wildman–Crippen LogP) is 4.71. The fraction of sp³-hybridized carbons (Fsp3) is 0.417. The Morgan fingerprint density at radius 3 is 2.17 bits per heavy atom. The van der Waals surface area contributed by atoms with Crippen LogP contribution in [0.15, 0.2) is 36.4 Å². The molecule has 2 aromatic rings. The van der Waals surface area contributed by atoms with Crippen molar-refractivity contribution >= 4 is 12.1 Å². The molecule has 0 saturated carbocycles. The molecule has 2 aromatic carbocycles. The minimum absolute atomic E-state index is 0.157. The van der Waals surface area contributed by atoms with Crippen LogP contribution in [-0.2, 0) is 22.6 Å². The Kier molecular flexibility index (Phi) is 7.48. The third-order valence-electron chi connectivity index (χ3n) is 4.72. The molecule has 2 rings (SSSR count). The van der Waals surface area contributed by atoms with Crippen molar-refractivity contribution in [3.63, 3.8) is 0 Å². The van der Waals surface area contributed by atoms with Crippen LogP contribution in [0.25, 0.3) is 0 Å². The summed E-state index contributed by atoms with van der Waals surface area (Å²) in [6, 6.07) is 10.8. The molecule has 1 atom stereocenters. The summed E-state index contributed by atoms with van der Waals surface area (Å²) in [7, 11) is 0. The number of aliphatic carboxylic acids is 1. The van der Waals surface area contributed by atoms with Crippen LogP contribution in [0.5, 0.6) is 5.75 Å². The molecule has 162 valence electrons. The van der Waals surface area contributed by atoms with Gasteiger partial charge in [-0.2, -0.15) is 0 Å². The molecule has 2 N–H and O–H groups in total. The summed E-state index contributed by atoms with van der Waals surface area (Å²) in [4.78, 5) is 23.7. The molecule has 0 aliphatic heterocycles. The topological polar surface area (TPSA) is 84.9 Å². The number of rotatable bonds is 7. The zero-order valence-electron chi connectivity index (χ0n) is 18.5. The van der Waals surface area contributed by atoms with Gasteiger partial charge in [-0.3, -0.25) is 0 Å². The largest absolute Gasteiger partial charge is 0.489 e. The first-order chi connectivity index (χ1) is 14.0. The molecular formula is C24H31NO5. The van der Waals surface area contributed by atoms with E-state index >= 15 is 0 Å². The van der Waals surface area contributed by atoms with Gasteiger partial charge in [-0.15, -0.1) is 0 Å². The lowest BCUT2D eigenvalue weighted by Gasteiger charge is -2.23. The van der Waals surface area contributed by atoms with Gasteiger partial charge >= 0.3 is 12.1 Å². The van der Waals surface area contributed by atoms with Gasteiger partial charge in [0.15, 0.2) is 0 Å². The van der Waals surface area contributed by atoms with Gasteiger partial charge in [-0.25, -0.2) is 9.59 Å². The number of hydrogen-bond donors (Lipinski definition) is 2. The van der Waals surface area contributed by atoms with E-state index in [2.05, 4.69) is 5.32 Å². The Bertz CT molecular complexity index is 891. The average molecular weight is 414 g/mol. The standard InChI is InChI=1S/C24H31NO5/c1-15-9-7-8-10-18(15)14-29-19-11-16(2)20(17(3)12-19)13-21(22(26)27)25-23(28)30-24(4,5)6/h7-12,21H,13-14H2,1-6H3,(H,25,28)(H,26,27)/t21-/m0/s1. The van der Waals surface area contributed by atoms with E-state index in [1.165, 1.54) is 5.56 Å². The molecule has 0 aliphatic rings. The molecule has 6 nitrogen and oxygen atoms in total. The summed E-state index contributed by atoms with van der Waals surface area (Å²) in [6.45, 7) is 11.5. The number of nitrogens with one attached hydrogen (secondary N) is 1. The van der Waals surface area contributed by atoms with Crippen LogP contribution in [0.2, 0.25) is 0 Å². The maximum absolute atomic E-state index is 12.0. The quantitative estimate of drug-likeness (QED) is 0.687. The number of carbonyl (C=O) groups excluding carboxylic acids is 1. The maximum atomic E-state index is 12.0. The van der Waals surface area contributed by atoms with Gasteiger partial charge in [-0.05, 0) is 81.5 Å². The number of aryl methyl sites for hydroxylation is 3. The fourth-order valence-electron chi connectivity index (χ4n) is 3.15. The Hall–Kier alpha value is -3.02. The van der Waals surface area contributed by atoms with Crippen LogP contribution in [0.4, 0.5) is 4.79 Å². The summed E-state index contributed by atoms with van der Waals surface area (Å²) in [5.74, 6) is -0.386. The van der Waals surface area contributed by atoms with E-state index in [4.69, 9.17) is 9.47 Å². The summed E-state index contributed by atoms with van der Waals surface area (Å²) in [6.07, 6.45) is -0.590. The lowest BCUT2D eigenvalue weighted by Crippen LogP contribution is -2.44. The zero-order chi connectivity index (χ0) is 22.5. The number of benzene rings is 2. The molecule has 0 radical (unpaired) electrons. The molecule has 0 aliphatic carbocycles. The minimum atomic E-state index is -1.11. The molecule has 0 saturated heterocycles. The smallest absolute Gasteiger partial charge is 0.408 e. The van der Waals surface area contributed by atoms with E-state index in [1.807, 2.05) is 57.2 Å². The lowest BCUT2D eigenvalue weighted by atomic mass is 9.96. The van der Waals surface area contributed by atoms with Crippen molar-refractivity contribution in [2.75, 3.05) is 0 Å². The molecular weight excluding hydrogens is 382 g/mol. The van der Waals surface area contributed by atoms with Crippen molar-refractivity contribution in [2.45, 2.75) is 66.2 Å². The number of hydrogen-bond acceptors (Lipinski definition) is 4. The number of carboxylic acids is 1. The van der Waals surface area contributed by atoms with E-state index in [0.29, 0.717) is 6.61 Å². The van der Waals surface area contributed by atoms with E-state index in [0.717, 1.165) is 28.0 Å². The second-order valence-corrected chi connectivity index (χ2v) is 8.49. The highest BCUT2D eigenvalue weighted by atomic mass is 16.6. The van der Waals surface area contributed by atoms with Gasteiger partial charge in [0.1, 0.15) is 24.0 Å². The van der Waals surface area contributed by atoms with Gasteiger partial charge in [0.05, 0.1) is 0 Å². The van der Waals surface area contributed by atoms with E-state index in [-0.39, 0.29) is 6.42 Å². The highest BCUT2D eigenvalue weighted by Crippen LogP contribution is 2.24. The molecule has 0 fully saturated rings. The van der Waals surface area contributed by atoms with Crippen molar-refractivity contribution in [2.24, 2.45) is 0 Å².